The predicted molar refractivity (Wildman–Crippen MR) is 99.8 cm³/mol. The van der Waals surface area contributed by atoms with Gasteiger partial charge in [0.15, 0.2) is 6.61 Å². The number of carbonyl (C=O) groups excluding carboxylic acids is 2. The summed E-state index contributed by atoms with van der Waals surface area (Å²) in [4.78, 5) is 26.3. The smallest absolute Gasteiger partial charge is 0.316 e. The summed E-state index contributed by atoms with van der Waals surface area (Å²) in [5.74, 6) is -0.799. The van der Waals surface area contributed by atoms with Crippen LogP contribution in [0.4, 0.5) is 11.4 Å². The highest BCUT2D eigenvalue weighted by Crippen LogP contribution is 2.24. The third-order valence-corrected chi connectivity index (χ3v) is 4.01. The summed E-state index contributed by atoms with van der Waals surface area (Å²) in [7, 11) is 3.89. The summed E-state index contributed by atoms with van der Waals surface area (Å²) in [6.45, 7) is 3.25. The third kappa shape index (κ3) is 4.83. The van der Waals surface area contributed by atoms with E-state index in [9.17, 15) is 9.59 Å². The fourth-order valence-electron chi connectivity index (χ4n) is 2.32. The molecule has 0 aliphatic carbocycles. The van der Waals surface area contributed by atoms with Gasteiger partial charge in [0.25, 0.3) is 5.91 Å². The van der Waals surface area contributed by atoms with Gasteiger partial charge >= 0.3 is 5.97 Å². The van der Waals surface area contributed by atoms with Gasteiger partial charge in [-0.2, -0.15) is 0 Å². The fraction of sp³-hybridized carbons (Fsp3) is 0.300. The van der Waals surface area contributed by atoms with Crippen molar-refractivity contribution < 1.29 is 14.3 Å². The molecule has 1 N–H and O–H groups in total. The largest absolute Gasteiger partial charge is 0.455 e. The van der Waals surface area contributed by atoms with Crippen molar-refractivity contribution in [2.24, 2.45) is 0 Å². The number of hydrogen-bond acceptors (Lipinski definition) is 4. The second-order valence-corrected chi connectivity index (χ2v) is 6.56. The molecule has 25 heavy (non-hydrogen) atoms. The molecule has 2 aromatic rings. The Bertz CT molecular complexity index is 722. The Balaban J connectivity index is 1.90. The lowest BCUT2D eigenvalue weighted by Gasteiger charge is -2.22. The maximum absolute atomic E-state index is 12.3. The van der Waals surface area contributed by atoms with Gasteiger partial charge in [-0.1, -0.05) is 30.3 Å². The highest BCUT2D eigenvalue weighted by molar-refractivity contribution is 5.93. The molecule has 5 heteroatoms. The van der Waals surface area contributed by atoms with Crippen molar-refractivity contribution in [2.45, 2.75) is 19.3 Å². The van der Waals surface area contributed by atoms with Crippen molar-refractivity contribution in [1.82, 2.24) is 0 Å². The van der Waals surface area contributed by atoms with E-state index in [0.29, 0.717) is 5.69 Å². The zero-order chi connectivity index (χ0) is 18.4. The molecule has 0 aliphatic rings. The number of nitrogens with one attached hydrogen (secondary N) is 1. The zero-order valence-corrected chi connectivity index (χ0v) is 15.1. The standard InChI is InChI=1S/C20H24N2O3/c1-20(2,15-8-6-5-7-9-15)19(24)25-14-18(23)21-16-10-12-17(13-11-16)22(3)4/h5-13H,14H2,1-4H3,(H,21,23). The topological polar surface area (TPSA) is 58.6 Å². The van der Waals surface area contributed by atoms with Crippen LogP contribution in [0.1, 0.15) is 19.4 Å². The van der Waals surface area contributed by atoms with Crippen molar-refractivity contribution in [3.8, 4) is 0 Å². The predicted octanol–water partition coefficient (Wildman–Crippen LogP) is 3.21. The molecule has 1 amide bonds. The minimum absolute atomic E-state index is 0.315. The van der Waals surface area contributed by atoms with Crippen molar-refractivity contribution in [3.05, 3.63) is 60.2 Å². The minimum Gasteiger partial charge on any atom is -0.455 e. The average Bonchev–Trinajstić information content (AvgIpc) is 2.60. The molecular weight excluding hydrogens is 316 g/mol. The normalized spacial score (nSPS) is 10.9. The van der Waals surface area contributed by atoms with E-state index in [4.69, 9.17) is 4.74 Å². The first kappa shape index (κ1) is 18.5. The minimum atomic E-state index is -0.811. The Kier molecular flexibility index (Phi) is 5.80. The number of ether oxygens (including phenoxy) is 1. The summed E-state index contributed by atoms with van der Waals surface area (Å²) in [5.41, 5.74) is 1.73. The molecule has 0 heterocycles. The number of nitrogens with zero attached hydrogens (tertiary/aromatic N) is 1. The summed E-state index contributed by atoms with van der Waals surface area (Å²) in [5, 5.41) is 2.72. The molecule has 0 saturated carbocycles. The Morgan fingerprint density at radius 3 is 2.16 bits per heavy atom. The lowest BCUT2D eigenvalue weighted by molar-refractivity contribution is -0.152. The molecule has 2 aromatic carbocycles. The van der Waals surface area contributed by atoms with E-state index in [1.807, 2.05) is 73.6 Å². The summed E-state index contributed by atoms with van der Waals surface area (Å²) in [6.07, 6.45) is 0. The molecule has 0 aliphatic heterocycles. The summed E-state index contributed by atoms with van der Waals surface area (Å²) in [6, 6.07) is 16.8. The lowest BCUT2D eigenvalue weighted by Crippen LogP contribution is -2.33. The van der Waals surface area contributed by atoms with Gasteiger partial charge in [0, 0.05) is 25.5 Å². The van der Waals surface area contributed by atoms with Gasteiger partial charge in [-0.15, -0.1) is 0 Å². The van der Waals surface area contributed by atoms with Crippen LogP contribution >= 0.6 is 0 Å². The monoisotopic (exact) mass is 340 g/mol. The zero-order valence-electron chi connectivity index (χ0n) is 15.1. The van der Waals surface area contributed by atoms with E-state index in [0.717, 1.165) is 11.3 Å². The van der Waals surface area contributed by atoms with Crippen LogP contribution in [0.15, 0.2) is 54.6 Å². The maximum atomic E-state index is 12.3. The molecular formula is C20H24N2O3. The van der Waals surface area contributed by atoms with Crippen LogP contribution < -0.4 is 10.2 Å². The third-order valence-electron chi connectivity index (χ3n) is 4.01. The molecule has 0 aromatic heterocycles. The first-order chi connectivity index (χ1) is 11.8. The number of anilines is 2. The van der Waals surface area contributed by atoms with Crippen LogP contribution in [-0.2, 0) is 19.7 Å². The van der Waals surface area contributed by atoms with Crippen LogP contribution in [0.3, 0.4) is 0 Å². The van der Waals surface area contributed by atoms with Crippen molar-refractivity contribution in [3.63, 3.8) is 0 Å². The quantitative estimate of drug-likeness (QED) is 0.821. The lowest BCUT2D eigenvalue weighted by atomic mass is 9.85. The highest BCUT2D eigenvalue weighted by Gasteiger charge is 2.31. The first-order valence-corrected chi connectivity index (χ1v) is 8.10. The van der Waals surface area contributed by atoms with E-state index in [2.05, 4.69) is 5.32 Å². The van der Waals surface area contributed by atoms with Crippen LogP contribution in [0.5, 0.6) is 0 Å². The molecule has 0 spiro atoms. The second kappa shape index (κ2) is 7.83. The molecule has 0 fully saturated rings. The van der Waals surface area contributed by atoms with Gasteiger partial charge in [0.05, 0.1) is 5.41 Å². The summed E-state index contributed by atoms with van der Waals surface area (Å²) < 4.78 is 5.20. The molecule has 0 saturated heterocycles. The molecule has 0 bridgehead atoms. The number of hydrogen-bond donors (Lipinski definition) is 1. The fourth-order valence-corrected chi connectivity index (χ4v) is 2.32. The highest BCUT2D eigenvalue weighted by atomic mass is 16.5. The van der Waals surface area contributed by atoms with E-state index in [-0.39, 0.29) is 12.5 Å². The Morgan fingerprint density at radius 1 is 1.00 bits per heavy atom. The van der Waals surface area contributed by atoms with Gasteiger partial charge in [0.2, 0.25) is 0 Å². The second-order valence-electron chi connectivity index (χ2n) is 6.56. The van der Waals surface area contributed by atoms with E-state index in [1.54, 1.807) is 13.8 Å². The SMILES string of the molecule is CN(C)c1ccc(NC(=O)COC(=O)C(C)(C)c2ccccc2)cc1. The molecule has 5 nitrogen and oxygen atoms in total. The van der Waals surface area contributed by atoms with Gasteiger partial charge in [0.1, 0.15) is 0 Å². The first-order valence-electron chi connectivity index (χ1n) is 8.10. The van der Waals surface area contributed by atoms with E-state index < -0.39 is 11.4 Å². The van der Waals surface area contributed by atoms with E-state index >= 15 is 0 Å². The van der Waals surface area contributed by atoms with Crippen LogP contribution in [0.25, 0.3) is 0 Å². The molecule has 0 radical (unpaired) electrons. The number of benzene rings is 2. The maximum Gasteiger partial charge on any atom is 0.316 e. The van der Waals surface area contributed by atoms with Gasteiger partial charge < -0.3 is 15.0 Å². The van der Waals surface area contributed by atoms with Crippen molar-refractivity contribution in [2.75, 3.05) is 30.9 Å². The Hall–Kier alpha value is -2.82. The Morgan fingerprint density at radius 2 is 1.60 bits per heavy atom. The molecule has 132 valence electrons. The van der Waals surface area contributed by atoms with E-state index in [1.165, 1.54) is 0 Å². The molecule has 2 rings (SSSR count). The number of carbonyl (C=O) groups is 2. The van der Waals surface area contributed by atoms with Crippen molar-refractivity contribution >= 4 is 23.3 Å². The van der Waals surface area contributed by atoms with Crippen LogP contribution in [0, 0.1) is 0 Å². The van der Waals surface area contributed by atoms with Gasteiger partial charge in [-0.05, 0) is 43.7 Å². The number of rotatable bonds is 6. The number of amides is 1. The van der Waals surface area contributed by atoms with Crippen molar-refractivity contribution in [1.29, 1.82) is 0 Å². The summed E-state index contributed by atoms with van der Waals surface area (Å²) >= 11 is 0. The van der Waals surface area contributed by atoms with Gasteiger partial charge in [-0.25, -0.2) is 0 Å². The van der Waals surface area contributed by atoms with Crippen LogP contribution in [-0.4, -0.2) is 32.6 Å². The number of esters is 1. The van der Waals surface area contributed by atoms with Gasteiger partial charge in [-0.3, -0.25) is 9.59 Å². The molecule has 0 atom stereocenters. The Labute approximate surface area is 148 Å². The van der Waals surface area contributed by atoms with Crippen LogP contribution in [0.2, 0.25) is 0 Å². The molecule has 0 unspecified atom stereocenters. The average molecular weight is 340 g/mol.